The summed E-state index contributed by atoms with van der Waals surface area (Å²) in [7, 11) is 0. The van der Waals surface area contributed by atoms with E-state index >= 15 is 0 Å². The number of ether oxygens (including phenoxy) is 1. The van der Waals surface area contributed by atoms with Gasteiger partial charge in [-0.15, -0.1) is 0 Å². The van der Waals surface area contributed by atoms with Crippen LogP contribution in [-0.2, 0) is 17.8 Å². The lowest BCUT2D eigenvalue weighted by atomic mass is 10.2. The van der Waals surface area contributed by atoms with Crippen LogP contribution in [0.4, 0.5) is 5.69 Å². The highest BCUT2D eigenvalue weighted by Gasteiger charge is 2.03. The van der Waals surface area contributed by atoms with E-state index in [1.54, 1.807) is 0 Å². The first-order valence-electron chi connectivity index (χ1n) is 9.11. The summed E-state index contributed by atoms with van der Waals surface area (Å²) in [5.74, 6) is 0.745. The molecule has 3 rings (SSSR count). The molecular formula is C23H24N2O2. The van der Waals surface area contributed by atoms with E-state index in [4.69, 9.17) is 4.74 Å². The minimum atomic E-state index is -0.0470. The molecule has 0 unspecified atom stereocenters. The van der Waals surface area contributed by atoms with Crippen molar-refractivity contribution in [2.75, 3.05) is 18.5 Å². The van der Waals surface area contributed by atoms with Gasteiger partial charge >= 0.3 is 0 Å². The predicted molar refractivity (Wildman–Crippen MR) is 109 cm³/mol. The van der Waals surface area contributed by atoms with Crippen molar-refractivity contribution < 1.29 is 9.53 Å². The van der Waals surface area contributed by atoms with Gasteiger partial charge in [-0.3, -0.25) is 4.79 Å². The zero-order valence-electron chi connectivity index (χ0n) is 15.2. The molecule has 27 heavy (non-hydrogen) atoms. The van der Waals surface area contributed by atoms with Crippen molar-refractivity contribution in [3.63, 3.8) is 0 Å². The number of hydrogen-bond donors (Lipinski definition) is 2. The lowest BCUT2D eigenvalue weighted by molar-refractivity contribution is -0.119. The summed E-state index contributed by atoms with van der Waals surface area (Å²) in [6, 6.07) is 27.8. The SMILES string of the molecule is O=C(CNc1cccc(OCCc2ccccc2)c1)NCc1ccccc1. The molecule has 3 aromatic carbocycles. The topological polar surface area (TPSA) is 50.4 Å². The first-order chi connectivity index (χ1) is 13.3. The van der Waals surface area contributed by atoms with Crippen LogP contribution in [0.3, 0.4) is 0 Å². The maximum atomic E-state index is 12.0. The largest absolute Gasteiger partial charge is 0.493 e. The Morgan fingerprint density at radius 3 is 2.26 bits per heavy atom. The van der Waals surface area contributed by atoms with Crippen molar-refractivity contribution in [1.29, 1.82) is 0 Å². The fraction of sp³-hybridized carbons (Fsp3) is 0.174. The zero-order valence-corrected chi connectivity index (χ0v) is 15.2. The van der Waals surface area contributed by atoms with Gasteiger partial charge in [-0.2, -0.15) is 0 Å². The van der Waals surface area contributed by atoms with Crippen LogP contribution < -0.4 is 15.4 Å². The van der Waals surface area contributed by atoms with E-state index in [0.29, 0.717) is 13.2 Å². The van der Waals surface area contributed by atoms with E-state index in [0.717, 1.165) is 23.4 Å². The molecule has 0 aliphatic rings. The normalized spacial score (nSPS) is 10.2. The summed E-state index contributed by atoms with van der Waals surface area (Å²) >= 11 is 0. The minimum Gasteiger partial charge on any atom is -0.493 e. The van der Waals surface area contributed by atoms with Gasteiger partial charge < -0.3 is 15.4 Å². The smallest absolute Gasteiger partial charge is 0.239 e. The molecule has 0 aliphatic carbocycles. The number of benzene rings is 3. The molecule has 0 spiro atoms. The molecule has 0 bridgehead atoms. The molecule has 0 saturated carbocycles. The first kappa shape index (κ1) is 18.5. The maximum absolute atomic E-state index is 12.0. The fourth-order valence-corrected chi connectivity index (χ4v) is 2.67. The molecule has 4 heteroatoms. The van der Waals surface area contributed by atoms with Crippen molar-refractivity contribution in [3.05, 3.63) is 96.1 Å². The van der Waals surface area contributed by atoms with E-state index in [1.165, 1.54) is 5.56 Å². The standard InChI is InChI=1S/C23H24N2O2/c26-23(25-17-20-10-5-2-6-11-20)18-24-21-12-7-13-22(16-21)27-15-14-19-8-3-1-4-9-19/h1-13,16,24H,14-15,17-18H2,(H,25,26). The second kappa shape index (κ2) is 10.0. The summed E-state index contributed by atoms with van der Waals surface area (Å²) in [6.07, 6.45) is 0.861. The summed E-state index contributed by atoms with van der Waals surface area (Å²) in [5.41, 5.74) is 3.20. The van der Waals surface area contributed by atoms with Gasteiger partial charge in [0.2, 0.25) is 5.91 Å². The highest BCUT2D eigenvalue weighted by Crippen LogP contribution is 2.17. The van der Waals surface area contributed by atoms with Gasteiger partial charge in [0, 0.05) is 24.7 Å². The number of carbonyl (C=O) groups excluding carboxylic acids is 1. The Labute approximate surface area is 160 Å². The number of nitrogens with one attached hydrogen (secondary N) is 2. The molecule has 138 valence electrons. The number of hydrogen-bond acceptors (Lipinski definition) is 3. The lowest BCUT2D eigenvalue weighted by Gasteiger charge is -2.10. The quantitative estimate of drug-likeness (QED) is 0.606. The molecule has 0 fully saturated rings. The van der Waals surface area contributed by atoms with Crippen LogP contribution in [0.5, 0.6) is 5.75 Å². The second-order valence-electron chi connectivity index (χ2n) is 6.23. The van der Waals surface area contributed by atoms with Crippen LogP contribution in [0, 0.1) is 0 Å². The van der Waals surface area contributed by atoms with Crippen molar-refractivity contribution in [2.24, 2.45) is 0 Å². The molecule has 0 aliphatic heterocycles. The Hall–Kier alpha value is -3.27. The molecule has 0 atom stereocenters. The number of anilines is 1. The van der Waals surface area contributed by atoms with E-state index in [1.807, 2.05) is 72.8 Å². The fourth-order valence-electron chi connectivity index (χ4n) is 2.67. The highest BCUT2D eigenvalue weighted by atomic mass is 16.5. The average Bonchev–Trinajstić information content (AvgIpc) is 2.73. The highest BCUT2D eigenvalue weighted by molar-refractivity contribution is 5.80. The summed E-state index contributed by atoms with van der Waals surface area (Å²) < 4.78 is 5.82. The monoisotopic (exact) mass is 360 g/mol. The summed E-state index contributed by atoms with van der Waals surface area (Å²) in [4.78, 5) is 12.0. The van der Waals surface area contributed by atoms with E-state index in [9.17, 15) is 4.79 Å². The van der Waals surface area contributed by atoms with Gasteiger partial charge in [-0.1, -0.05) is 66.7 Å². The molecule has 0 heterocycles. The molecular weight excluding hydrogens is 336 g/mol. The number of rotatable bonds is 9. The summed E-state index contributed by atoms with van der Waals surface area (Å²) in [5, 5.41) is 6.04. The molecule has 4 nitrogen and oxygen atoms in total. The molecule has 3 aromatic rings. The van der Waals surface area contributed by atoms with Crippen LogP contribution in [0.1, 0.15) is 11.1 Å². The first-order valence-corrected chi connectivity index (χ1v) is 9.11. The van der Waals surface area contributed by atoms with Crippen LogP contribution in [0.25, 0.3) is 0 Å². The zero-order chi connectivity index (χ0) is 18.7. The van der Waals surface area contributed by atoms with Crippen LogP contribution in [-0.4, -0.2) is 19.1 Å². The lowest BCUT2D eigenvalue weighted by Crippen LogP contribution is -2.29. The molecule has 0 aromatic heterocycles. The Balaban J connectivity index is 1.41. The van der Waals surface area contributed by atoms with Gasteiger partial charge in [0.15, 0.2) is 0 Å². The third-order valence-electron chi connectivity index (χ3n) is 4.12. The third kappa shape index (κ3) is 6.51. The number of amides is 1. The van der Waals surface area contributed by atoms with Crippen molar-refractivity contribution in [3.8, 4) is 5.75 Å². The Kier molecular flexibility index (Phi) is 6.87. The van der Waals surface area contributed by atoms with Gasteiger partial charge in [0.1, 0.15) is 5.75 Å². The molecule has 2 N–H and O–H groups in total. The maximum Gasteiger partial charge on any atom is 0.239 e. The second-order valence-corrected chi connectivity index (χ2v) is 6.23. The predicted octanol–water partition coefficient (Wildman–Crippen LogP) is 4.04. The van der Waals surface area contributed by atoms with Crippen molar-refractivity contribution >= 4 is 11.6 Å². The van der Waals surface area contributed by atoms with E-state index in [2.05, 4.69) is 22.8 Å². The average molecular weight is 360 g/mol. The summed E-state index contributed by atoms with van der Waals surface area (Å²) in [6.45, 7) is 1.37. The molecule has 0 saturated heterocycles. The van der Waals surface area contributed by atoms with Gasteiger partial charge in [0.05, 0.1) is 13.2 Å². The van der Waals surface area contributed by atoms with Gasteiger partial charge in [-0.05, 0) is 23.3 Å². The van der Waals surface area contributed by atoms with Crippen LogP contribution in [0.15, 0.2) is 84.9 Å². The van der Waals surface area contributed by atoms with Crippen molar-refractivity contribution in [2.45, 2.75) is 13.0 Å². The Morgan fingerprint density at radius 1 is 0.815 bits per heavy atom. The number of carbonyl (C=O) groups is 1. The molecule has 1 amide bonds. The van der Waals surface area contributed by atoms with Crippen LogP contribution in [0.2, 0.25) is 0 Å². The third-order valence-corrected chi connectivity index (χ3v) is 4.12. The molecule has 0 radical (unpaired) electrons. The van der Waals surface area contributed by atoms with E-state index in [-0.39, 0.29) is 12.5 Å². The van der Waals surface area contributed by atoms with Crippen LogP contribution >= 0.6 is 0 Å². The Bertz CT molecular complexity index is 835. The van der Waals surface area contributed by atoms with E-state index < -0.39 is 0 Å². The Morgan fingerprint density at radius 2 is 1.52 bits per heavy atom. The van der Waals surface area contributed by atoms with Crippen molar-refractivity contribution in [1.82, 2.24) is 5.32 Å². The minimum absolute atomic E-state index is 0.0470. The van der Waals surface area contributed by atoms with Gasteiger partial charge in [-0.25, -0.2) is 0 Å². The van der Waals surface area contributed by atoms with Gasteiger partial charge in [0.25, 0.3) is 0 Å².